The van der Waals surface area contributed by atoms with Gasteiger partial charge >= 0.3 is 0 Å². The molecule has 0 saturated carbocycles. The van der Waals surface area contributed by atoms with E-state index in [0.29, 0.717) is 337 Å². The van der Waals surface area contributed by atoms with Crippen LogP contribution in [0.15, 0.2) is 0 Å². The van der Waals surface area contributed by atoms with Crippen LogP contribution >= 0.6 is 0 Å². The van der Waals surface area contributed by atoms with E-state index in [2.05, 4.69) is 6.92 Å². The Balaban J connectivity index is 3.09. The lowest BCUT2D eigenvalue weighted by Crippen LogP contribution is -2.16. The number of unbranched alkanes of at least 4 members (excludes halogenated alkanes) is 10. The van der Waals surface area contributed by atoms with E-state index in [1.165, 1.54) is 64.2 Å². The Bertz CT molecular complexity index is 1160. The maximum absolute atomic E-state index is 8.62. The Morgan fingerprint density at radius 3 is 0.337 bits per heavy atom. The van der Waals surface area contributed by atoms with Crippen molar-refractivity contribution in [3.8, 4) is 0 Å². The lowest BCUT2D eigenvalue weighted by Gasteiger charge is -2.09. The Labute approximate surface area is 554 Å². The second-order valence-electron chi connectivity index (χ2n) is 20.2. The molecule has 0 aliphatic carbocycles. The first kappa shape index (κ1) is 90.9. The van der Waals surface area contributed by atoms with E-state index >= 15 is 0 Å². The number of hydrogen-bond donors (Lipinski definition) is 1. The molecule has 0 aromatic heterocycles. The molecular formula is C65H132O27. The first-order chi connectivity index (χ1) is 45.9. The minimum absolute atomic E-state index is 0.0178. The smallest absolute Gasteiger partial charge is 0.0701 e. The molecule has 0 aromatic carbocycles. The molecular weight excluding hydrogens is 1210 g/mol. The maximum Gasteiger partial charge on any atom is 0.0701 e. The predicted octanol–water partition coefficient (Wildman–Crippen LogP) is 4.72. The molecule has 1 N–H and O–H groups in total. The predicted molar refractivity (Wildman–Crippen MR) is 345 cm³/mol. The monoisotopic (exact) mass is 1340 g/mol. The molecule has 0 bridgehead atoms. The van der Waals surface area contributed by atoms with Crippen molar-refractivity contribution in [3.05, 3.63) is 0 Å². The summed E-state index contributed by atoms with van der Waals surface area (Å²) in [6, 6.07) is 0. The van der Waals surface area contributed by atoms with Crippen molar-refractivity contribution in [2.75, 3.05) is 350 Å². The molecule has 0 amide bonds. The normalized spacial score (nSPS) is 11.8. The fraction of sp³-hybridized carbons (Fsp3) is 1.00. The zero-order valence-electron chi connectivity index (χ0n) is 57.3. The van der Waals surface area contributed by atoms with E-state index < -0.39 is 0 Å². The largest absolute Gasteiger partial charge is 0.394 e. The van der Waals surface area contributed by atoms with Crippen molar-refractivity contribution in [3.63, 3.8) is 0 Å². The third-order valence-corrected chi connectivity index (χ3v) is 12.4. The topological polar surface area (TPSA) is 260 Å². The molecule has 0 aromatic rings. The van der Waals surface area contributed by atoms with E-state index in [9.17, 15) is 0 Å². The van der Waals surface area contributed by atoms with Gasteiger partial charge in [0.2, 0.25) is 0 Å². The zero-order valence-corrected chi connectivity index (χ0v) is 57.3. The van der Waals surface area contributed by atoms with Crippen molar-refractivity contribution in [2.24, 2.45) is 0 Å². The van der Waals surface area contributed by atoms with Crippen LogP contribution in [-0.2, 0) is 123 Å². The summed E-state index contributed by atoms with van der Waals surface area (Å²) < 4.78 is 143. The second-order valence-corrected chi connectivity index (χ2v) is 20.2. The summed E-state index contributed by atoms with van der Waals surface area (Å²) in [5.41, 5.74) is 0. The number of aliphatic hydroxyl groups is 1. The van der Waals surface area contributed by atoms with Gasteiger partial charge in [-0.05, 0) is 6.42 Å². The van der Waals surface area contributed by atoms with Crippen LogP contribution in [0.1, 0.15) is 77.6 Å². The first-order valence-electron chi connectivity index (χ1n) is 34.5. The van der Waals surface area contributed by atoms with Crippen molar-refractivity contribution in [1.29, 1.82) is 0 Å². The molecule has 0 rings (SSSR count). The maximum atomic E-state index is 8.62. The van der Waals surface area contributed by atoms with Gasteiger partial charge in [0.15, 0.2) is 0 Å². The average Bonchev–Trinajstić information content (AvgIpc) is 3.57. The van der Waals surface area contributed by atoms with Gasteiger partial charge in [-0.15, -0.1) is 0 Å². The lowest BCUT2D eigenvalue weighted by atomic mass is 10.1. The fourth-order valence-electron chi connectivity index (χ4n) is 7.53. The molecule has 0 atom stereocenters. The van der Waals surface area contributed by atoms with Crippen molar-refractivity contribution in [1.82, 2.24) is 0 Å². The Kier molecular flexibility index (Phi) is 88.9. The van der Waals surface area contributed by atoms with E-state index in [1.807, 2.05) is 0 Å². The third-order valence-electron chi connectivity index (χ3n) is 12.4. The second kappa shape index (κ2) is 89.9. The van der Waals surface area contributed by atoms with Gasteiger partial charge in [-0.1, -0.05) is 71.1 Å². The van der Waals surface area contributed by atoms with Gasteiger partial charge < -0.3 is 128 Å². The molecule has 0 fully saturated rings. The number of rotatable bonds is 89. The molecule has 554 valence electrons. The highest BCUT2D eigenvalue weighted by Gasteiger charge is 2.02. The molecule has 27 heteroatoms. The van der Waals surface area contributed by atoms with Gasteiger partial charge in [0, 0.05) is 6.61 Å². The number of aliphatic hydroxyl groups excluding tert-OH is 1. The van der Waals surface area contributed by atoms with Gasteiger partial charge in [0.05, 0.1) is 344 Å². The average molecular weight is 1350 g/mol. The minimum Gasteiger partial charge on any atom is -0.394 e. The van der Waals surface area contributed by atoms with Crippen LogP contribution in [0.25, 0.3) is 0 Å². The Morgan fingerprint density at radius 2 is 0.217 bits per heavy atom. The van der Waals surface area contributed by atoms with Crippen molar-refractivity contribution >= 4 is 0 Å². The lowest BCUT2D eigenvalue weighted by molar-refractivity contribution is -0.0322. The van der Waals surface area contributed by atoms with Gasteiger partial charge in [-0.25, -0.2) is 0 Å². The molecule has 0 unspecified atom stereocenters. The molecule has 0 aliphatic heterocycles. The first-order valence-corrected chi connectivity index (χ1v) is 34.5. The van der Waals surface area contributed by atoms with Crippen LogP contribution in [0.5, 0.6) is 0 Å². The number of hydrogen-bond acceptors (Lipinski definition) is 27. The van der Waals surface area contributed by atoms with Gasteiger partial charge in [0.1, 0.15) is 0 Å². The molecule has 92 heavy (non-hydrogen) atoms. The Morgan fingerprint density at radius 1 is 0.120 bits per heavy atom. The van der Waals surface area contributed by atoms with Crippen molar-refractivity contribution < 1.29 is 128 Å². The molecule has 0 spiro atoms. The summed E-state index contributed by atoms with van der Waals surface area (Å²) in [7, 11) is 0. The summed E-state index contributed by atoms with van der Waals surface area (Å²) in [6.45, 7) is 28.4. The van der Waals surface area contributed by atoms with Crippen LogP contribution in [0.4, 0.5) is 0 Å². The summed E-state index contributed by atoms with van der Waals surface area (Å²) in [5.74, 6) is 0. The molecule has 0 radical (unpaired) electrons. The van der Waals surface area contributed by atoms with Crippen LogP contribution in [-0.4, -0.2) is 355 Å². The molecule has 0 aliphatic rings. The SMILES string of the molecule is CCCCCCCCCCCCCOCCOCCOCCOCCOCCOCCOCCOCCOCCOCCOCCOCCOCCOCCOCCOCCOCCOCCOCCOCCOCCOCCOCCOCCOCCOCCO. The summed E-state index contributed by atoms with van der Waals surface area (Å²) in [4.78, 5) is 0. The standard InChI is InChI=1S/C65H132O27/c1-2-3-4-5-6-7-8-9-10-11-12-14-67-16-18-69-20-22-71-24-26-73-28-30-75-32-34-77-36-38-79-40-42-81-44-46-83-48-50-85-52-54-87-56-58-89-60-62-91-64-65-92-63-61-90-59-57-88-55-53-86-51-49-84-47-45-82-43-41-80-39-37-78-35-33-76-31-29-74-27-25-72-23-21-70-19-17-68-15-13-66/h66H,2-65H2,1H3. The highest BCUT2D eigenvalue weighted by atomic mass is 16.6. The highest BCUT2D eigenvalue weighted by Crippen LogP contribution is 2.11. The molecule has 0 saturated heterocycles. The van der Waals surface area contributed by atoms with Crippen LogP contribution < -0.4 is 0 Å². The quantitative estimate of drug-likeness (QED) is 0.0808. The van der Waals surface area contributed by atoms with Crippen LogP contribution in [0.3, 0.4) is 0 Å². The molecule has 0 heterocycles. The van der Waals surface area contributed by atoms with Gasteiger partial charge in [-0.3, -0.25) is 0 Å². The summed E-state index contributed by atoms with van der Waals surface area (Å²) >= 11 is 0. The van der Waals surface area contributed by atoms with E-state index in [-0.39, 0.29) is 6.61 Å². The van der Waals surface area contributed by atoms with Crippen LogP contribution in [0, 0.1) is 0 Å². The number of ether oxygens (including phenoxy) is 26. The molecule has 27 nitrogen and oxygen atoms in total. The van der Waals surface area contributed by atoms with Gasteiger partial charge in [0.25, 0.3) is 0 Å². The Hall–Kier alpha value is -1.08. The third kappa shape index (κ3) is 88.9. The van der Waals surface area contributed by atoms with Crippen LogP contribution in [0.2, 0.25) is 0 Å². The van der Waals surface area contributed by atoms with E-state index in [0.717, 1.165) is 13.0 Å². The zero-order chi connectivity index (χ0) is 65.6. The summed E-state index contributed by atoms with van der Waals surface area (Å²) in [6.07, 6.45) is 14.8. The van der Waals surface area contributed by atoms with E-state index in [4.69, 9.17) is 128 Å². The van der Waals surface area contributed by atoms with Gasteiger partial charge in [-0.2, -0.15) is 0 Å². The fourth-order valence-corrected chi connectivity index (χ4v) is 7.53. The summed E-state index contributed by atoms with van der Waals surface area (Å²) in [5, 5.41) is 8.62. The van der Waals surface area contributed by atoms with E-state index in [1.54, 1.807) is 0 Å². The highest BCUT2D eigenvalue weighted by molar-refractivity contribution is 4.49. The minimum atomic E-state index is 0.0178. The van der Waals surface area contributed by atoms with Crippen molar-refractivity contribution in [2.45, 2.75) is 77.6 Å².